The summed E-state index contributed by atoms with van der Waals surface area (Å²) in [5.74, 6) is -1.00. The molecule has 8 heteroatoms. The summed E-state index contributed by atoms with van der Waals surface area (Å²) in [6.45, 7) is 5.47. The molecule has 32 heavy (non-hydrogen) atoms. The molecule has 0 atom stereocenters. The zero-order chi connectivity index (χ0) is 23.5. The Morgan fingerprint density at radius 1 is 1.06 bits per heavy atom. The minimum atomic E-state index is -4.60. The smallest absolute Gasteiger partial charge is 0.330 e. The van der Waals surface area contributed by atoms with Crippen molar-refractivity contribution in [2.75, 3.05) is 18.4 Å². The van der Waals surface area contributed by atoms with Gasteiger partial charge in [-0.1, -0.05) is 44.2 Å². The molecule has 3 rings (SSSR count). The summed E-state index contributed by atoms with van der Waals surface area (Å²) >= 11 is 0. The van der Waals surface area contributed by atoms with Crippen molar-refractivity contribution < 1.29 is 22.8 Å². The number of likely N-dealkylation sites (N-methyl/N-ethyl adjacent to an activating group) is 1. The van der Waals surface area contributed by atoms with E-state index in [0.717, 1.165) is 11.8 Å². The van der Waals surface area contributed by atoms with Gasteiger partial charge in [0.1, 0.15) is 6.54 Å². The molecule has 5 nitrogen and oxygen atoms in total. The summed E-state index contributed by atoms with van der Waals surface area (Å²) in [5, 5.41) is 2.95. The van der Waals surface area contributed by atoms with E-state index in [0.29, 0.717) is 16.5 Å². The van der Waals surface area contributed by atoms with Crippen molar-refractivity contribution in [3.8, 4) is 0 Å². The number of hydrogen-bond acceptors (Lipinski definition) is 3. The van der Waals surface area contributed by atoms with Gasteiger partial charge in [-0.25, -0.2) is 0 Å². The molecule has 0 aliphatic heterocycles. The van der Waals surface area contributed by atoms with Crippen molar-refractivity contribution in [3.05, 3.63) is 71.4 Å². The lowest BCUT2D eigenvalue weighted by molar-refractivity contribution is -0.137. The van der Waals surface area contributed by atoms with Gasteiger partial charge in [0.2, 0.25) is 5.91 Å². The van der Waals surface area contributed by atoms with E-state index >= 15 is 0 Å². The van der Waals surface area contributed by atoms with Crippen LogP contribution in [0, 0.1) is 0 Å². The van der Waals surface area contributed by atoms with Crippen molar-refractivity contribution in [3.63, 3.8) is 0 Å². The monoisotopic (exact) mass is 443 g/mol. The van der Waals surface area contributed by atoms with Crippen molar-refractivity contribution in [2.24, 2.45) is 0 Å². The van der Waals surface area contributed by atoms with Gasteiger partial charge in [0.25, 0.3) is 5.91 Å². The first kappa shape index (κ1) is 23.2. The number of halogens is 3. The molecule has 0 aliphatic rings. The van der Waals surface area contributed by atoms with Gasteiger partial charge in [0.15, 0.2) is 0 Å². The molecule has 2 amide bonds. The van der Waals surface area contributed by atoms with Crippen LogP contribution in [0.2, 0.25) is 0 Å². The number of carbonyl (C=O) groups is 2. The topological polar surface area (TPSA) is 62.3 Å². The Morgan fingerprint density at radius 3 is 2.38 bits per heavy atom. The molecule has 1 heterocycles. The number of hydrogen-bond donors (Lipinski definition) is 1. The van der Waals surface area contributed by atoms with Crippen LogP contribution in [0.15, 0.2) is 54.6 Å². The summed E-state index contributed by atoms with van der Waals surface area (Å²) in [6, 6.07) is 13.7. The highest BCUT2D eigenvalue weighted by atomic mass is 19.4. The predicted octanol–water partition coefficient (Wildman–Crippen LogP) is 5.48. The standard InChI is InChI=1S/C24H24F3N3O2/c1-4-30(14-22(31)29-20-12-8-6-10-18(20)24(25,26)27)23(32)17-13-21(15(2)3)28-19-11-7-5-9-16(17)19/h5-13,15H,4,14H2,1-3H3,(H,29,31). The van der Waals surface area contributed by atoms with E-state index in [2.05, 4.69) is 10.3 Å². The SMILES string of the molecule is CCN(CC(=O)Nc1ccccc1C(F)(F)F)C(=O)c1cc(C(C)C)nc2ccccc12. The molecule has 3 aromatic rings. The molecule has 2 aromatic carbocycles. The van der Waals surface area contributed by atoms with Crippen LogP contribution in [0.25, 0.3) is 10.9 Å². The second-order valence-corrected chi connectivity index (χ2v) is 7.68. The highest BCUT2D eigenvalue weighted by molar-refractivity contribution is 6.07. The number of alkyl halides is 3. The third-order valence-electron chi connectivity index (χ3n) is 5.07. The Labute approximate surface area is 184 Å². The van der Waals surface area contributed by atoms with Gasteiger partial charge < -0.3 is 10.2 Å². The van der Waals surface area contributed by atoms with Crippen LogP contribution in [0.3, 0.4) is 0 Å². The third kappa shape index (κ3) is 5.07. The number of pyridine rings is 1. The van der Waals surface area contributed by atoms with Crippen LogP contribution < -0.4 is 5.32 Å². The number of fused-ring (bicyclic) bond motifs is 1. The molecule has 0 unspecified atom stereocenters. The number of benzene rings is 2. The Hall–Kier alpha value is -3.42. The second kappa shape index (κ2) is 9.38. The molecular formula is C24H24F3N3O2. The number of anilines is 1. The van der Waals surface area contributed by atoms with Crippen LogP contribution in [-0.2, 0) is 11.0 Å². The molecule has 0 fully saturated rings. The van der Waals surface area contributed by atoms with Crippen molar-refractivity contribution in [1.29, 1.82) is 0 Å². The highest BCUT2D eigenvalue weighted by Crippen LogP contribution is 2.34. The summed E-state index contributed by atoms with van der Waals surface area (Å²) in [7, 11) is 0. The maximum atomic E-state index is 13.3. The van der Waals surface area contributed by atoms with Crippen LogP contribution in [-0.4, -0.2) is 34.8 Å². The fraction of sp³-hybridized carbons (Fsp3) is 0.292. The molecule has 0 aliphatic carbocycles. The first-order chi connectivity index (χ1) is 15.1. The van der Waals surface area contributed by atoms with E-state index in [1.807, 2.05) is 26.0 Å². The van der Waals surface area contributed by atoms with Crippen molar-refractivity contribution in [1.82, 2.24) is 9.88 Å². The average molecular weight is 443 g/mol. The maximum Gasteiger partial charge on any atom is 0.418 e. The van der Waals surface area contributed by atoms with Crippen LogP contribution in [0.5, 0.6) is 0 Å². The van der Waals surface area contributed by atoms with Gasteiger partial charge in [0, 0.05) is 17.6 Å². The number of carbonyl (C=O) groups excluding carboxylic acids is 2. The lowest BCUT2D eigenvalue weighted by atomic mass is 10.0. The fourth-order valence-corrected chi connectivity index (χ4v) is 3.37. The number of para-hydroxylation sites is 2. The van der Waals surface area contributed by atoms with Crippen LogP contribution in [0.1, 0.15) is 48.3 Å². The lowest BCUT2D eigenvalue weighted by Gasteiger charge is -2.22. The molecule has 0 radical (unpaired) electrons. The van der Waals surface area contributed by atoms with Gasteiger partial charge >= 0.3 is 6.18 Å². The molecule has 0 spiro atoms. The second-order valence-electron chi connectivity index (χ2n) is 7.68. The summed E-state index contributed by atoms with van der Waals surface area (Å²) < 4.78 is 39.6. The van der Waals surface area contributed by atoms with Gasteiger partial charge in [-0.2, -0.15) is 13.2 Å². The van der Waals surface area contributed by atoms with E-state index in [4.69, 9.17) is 0 Å². The van der Waals surface area contributed by atoms with Gasteiger partial charge in [-0.05, 0) is 37.1 Å². The number of nitrogens with zero attached hydrogens (tertiary/aromatic N) is 2. The molecular weight excluding hydrogens is 419 g/mol. The molecule has 0 bridgehead atoms. The van der Waals surface area contributed by atoms with Gasteiger partial charge in [-0.15, -0.1) is 0 Å². The first-order valence-corrected chi connectivity index (χ1v) is 10.3. The zero-order valence-corrected chi connectivity index (χ0v) is 18.0. The van der Waals surface area contributed by atoms with Crippen molar-refractivity contribution >= 4 is 28.4 Å². The van der Waals surface area contributed by atoms with Crippen molar-refractivity contribution in [2.45, 2.75) is 32.9 Å². The molecule has 1 N–H and O–H groups in total. The number of amides is 2. The molecule has 1 aromatic heterocycles. The lowest BCUT2D eigenvalue weighted by Crippen LogP contribution is -2.38. The minimum Gasteiger partial charge on any atom is -0.330 e. The molecule has 0 saturated heterocycles. The van der Waals surface area contributed by atoms with E-state index in [-0.39, 0.29) is 30.6 Å². The normalized spacial score (nSPS) is 11.6. The van der Waals surface area contributed by atoms with Crippen LogP contribution in [0.4, 0.5) is 18.9 Å². The highest BCUT2D eigenvalue weighted by Gasteiger charge is 2.33. The van der Waals surface area contributed by atoms with Crippen LogP contribution >= 0.6 is 0 Å². The third-order valence-corrected chi connectivity index (χ3v) is 5.07. The number of rotatable bonds is 6. The average Bonchev–Trinajstić information content (AvgIpc) is 2.75. The molecule has 0 saturated carbocycles. The Morgan fingerprint density at radius 2 is 1.72 bits per heavy atom. The van der Waals surface area contributed by atoms with E-state index in [1.165, 1.54) is 23.1 Å². The largest absolute Gasteiger partial charge is 0.418 e. The quantitative estimate of drug-likeness (QED) is 0.549. The van der Waals surface area contributed by atoms with E-state index < -0.39 is 17.6 Å². The first-order valence-electron chi connectivity index (χ1n) is 10.3. The number of aromatic nitrogens is 1. The van der Waals surface area contributed by atoms with E-state index in [9.17, 15) is 22.8 Å². The van der Waals surface area contributed by atoms with Gasteiger partial charge in [-0.3, -0.25) is 14.6 Å². The Balaban J connectivity index is 1.87. The van der Waals surface area contributed by atoms with Gasteiger partial charge in [0.05, 0.1) is 22.3 Å². The predicted molar refractivity (Wildman–Crippen MR) is 117 cm³/mol. The molecule has 168 valence electrons. The fourth-order valence-electron chi connectivity index (χ4n) is 3.37. The Kier molecular flexibility index (Phi) is 6.81. The maximum absolute atomic E-state index is 13.3. The Bertz CT molecular complexity index is 1140. The zero-order valence-electron chi connectivity index (χ0n) is 18.0. The summed E-state index contributed by atoms with van der Waals surface area (Å²) in [5.41, 5.74) is 0.535. The number of nitrogens with one attached hydrogen (secondary N) is 1. The van der Waals surface area contributed by atoms with E-state index in [1.54, 1.807) is 25.1 Å². The minimum absolute atomic E-state index is 0.0865. The summed E-state index contributed by atoms with van der Waals surface area (Å²) in [4.78, 5) is 31.8. The summed E-state index contributed by atoms with van der Waals surface area (Å²) in [6.07, 6.45) is -4.60.